The van der Waals surface area contributed by atoms with E-state index in [4.69, 9.17) is 4.74 Å². The van der Waals surface area contributed by atoms with Crippen LogP contribution in [-0.2, 0) is 4.79 Å². The summed E-state index contributed by atoms with van der Waals surface area (Å²) >= 11 is 0. The first kappa shape index (κ1) is 14.0. The Bertz CT molecular complexity index is 554. The van der Waals surface area contributed by atoms with Gasteiger partial charge in [0.1, 0.15) is 11.6 Å². The fourth-order valence-corrected chi connectivity index (χ4v) is 1.68. The van der Waals surface area contributed by atoms with Crippen LogP contribution < -0.4 is 10.1 Å². The lowest BCUT2D eigenvalue weighted by Crippen LogP contribution is -2.37. The van der Waals surface area contributed by atoms with Gasteiger partial charge in [0.25, 0.3) is 5.91 Å². The van der Waals surface area contributed by atoms with Gasteiger partial charge in [-0.15, -0.1) is 0 Å². The molecule has 6 heteroatoms. The minimum atomic E-state index is -0.671. The third-order valence-electron chi connectivity index (χ3n) is 2.87. The second kappa shape index (κ2) is 6.18. The van der Waals surface area contributed by atoms with Crippen LogP contribution in [0.2, 0.25) is 0 Å². The maximum Gasteiger partial charge on any atom is 0.261 e. The molecular formula is C14H16FN3O2. The predicted octanol–water partition coefficient (Wildman–Crippen LogP) is 2.19. The highest BCUT2D eigenvalue weighted by Gasteiger charge is 2.18. The van der Waals surface area contributed by atoms with Crippen LogP contribution >= 0.6 is 0 Å². The van der Waals surface area contributed by atoms with Crippen LogP contribution in [0.3, 0.4) is 0 Å². The van der Waals surface area contributed by atoms with Crippen LogP contribution in [0.5, 0.6) is 5.75 Å². The summed E-state index contributed by atoms with van der Waals surface area (Å²) in [6.45, 7) is 3.49. The molecule has 5 nitrogen and oxygen atoms in total. The molecule has 1 amide bonds. The van der Waals surface area contributed by atoms with Crippen LogP contribution in [0.1, 0.15) is 25.5 Å². The van der Waals surface area contributed by atoms with Crippen LogP contribution in [0.4, 0.5) is 4.39 Å². The molecule has 2 rings (SSSR count). The number of amides is 1. The number of rotatable bonds is 5. The summed E-state index contributed by atoms with van der Waals surface area (Å²) in [5, 5.41) is 9.33. The zero-order valence-electron chi connectivity index (χ0n) is 11.3. The summed E-state index contributed by atoms with van der Waals surface area (Å²) in [6, 6.07) is 5.37. The van der Waals surface area contributed by atoms with Crippen molar-refractivity contribution in [3.8, 4) is 5.75 Å². The van der Waals surface area contributed by atoms with E-state index in [0.717, 1.165) is 5.56 Å². The van der Waals surface area contributed by atoms with Gasteiger partial charge < -0.3 is 10.1 Å². The Kier molecular flexibility index (Phi) is 4.34. The van der Waals surface area contributed by atoms with E-state index in [1.54, 1.807) is 19.3 Å². The number of aromatic nitrogens is 2. The number of ether oxygens (including phenoxy) is 1. The van der Waals surface area contributed by atoms with E-state index in [2.05, 4.69) is 15.5 Å². The SMILES string of the molecule is CC(Oc1ccc(F)cc1)C(=O)NC(C)c1cn[nH]c1. The van der Waals surface area contributed by atoms with E-state index < -0.39 is 6.10 Å². The van der Waals surface area contributed by atoms with Crippen molar-refractivity contribution in [3.05, 3.63) is 48.0 Å². The molecule has 106 valence electrons. The molecule has 2 unspecified atom stereocenters. The Balaban J connectivity index is 1.90. The van der Waals surface area contributed by atoms with Gasteiger partial charge in [0.05, 0.1) is 12.2 Å². The smallest absolute Gasteiger partial charge is 0.261 e. The summed E-state index contributed by atoms with van der Waals surface area (Å²) in [4.78, 5) is 12.0. The van der Waals surface area contributed by atoms with Gasteiger partial charge in [-0.1, -0.05) is 0 Å². The van der Waals surface area contributed by atoms with Gasteiger partial charge in [-0.3, -0.25) is 9.89 Å². The highest BCUT2D eigenvalue weighted by Crippen LogP contribution is 2.14. The molecule has 1 heterocycles. The number of H-pyrrole nitrogens is 1. The van der Waals surface area contributed by atoms with Crippen LogP contribution in [0.25, 0.3) is 0 Å². The largest absolute Gasteiger partial charge is 0.481 e. The van der Waals surface area contributed by atoms with Gasteiger partial charge >= 0.3 is 0 Å². The number of carbonyl (C=O) groups excluding carboxylic acids is 1. The van der Waals surface area contributed by atoms with Crippen molar-refractivity contribution in [2.75, 3.05) is 0 Å². The third kappa shape index (κ3) is 3.57. The van der Waals surface area contributed by atoms with Crippen molar-refractivity contribution in [2.45, 2.75) is 26.0 Å². The Morgan fingerprint density at radius 3 is 2.65 bits per heavy atom. The number of benzene rings is 1. The zero-order chi connectivity index (χ0) is 14.5. The maximum atomic E-state index is 12.8. The van der Waals surface area contributed by atoms with Crippen molar-refractivity contribution in [1.82, 2.24) is 15.5 Å². The quantitative estimate of drug-likeness (QED) is 0.880. The lowest BCUT2D eigenvalue weighted by Gasteiger charge is -2.18. The summed E-state index contributed by atoms with van der Waals surface area (Å²) in [5.74, 6) is -0.143. The molecule has 1 aromatic heterocycles. The number of hydrogen-bond acceptors (Lipinski definition) is 3. The second-order valence-corrected chi connectivity index (χ2v) is 4.48. The second-order valence-electron chi connectivity index (χ2n) is 4.48. The predicted molar refractivity (Wildman–Crippen MR) is 71.6 cm³/mol. The molecule has 2 N–H and O–H groups in total. The minimum absolute atomic E-state index is 0.166. The average molecular weight is 277 g/mol. The molecule has 0 aliphatic carbocycles. The van der Waals surface area contributed by atoms with Gasteiger partial charge in [-0.05, 0) is 38.1 Å². The third-order valence-corrected chi connectivity index (χ3v) is 2.87. The maximum absolute atomic E-state index is 12.8. The topological polar surface area (TPSA) is 67.0 Å². The molecule has 20 heavy (non-hydrogen) atoms. The molecule has 0 saturated heterocycles. The summed E-state index contributed by atoms with van der Waals surface area (Å²) < 4.78 is 18.2. The molecule has 0 bridgehead atoms. The minimum Gasteiger partial charge on any atom is -0.481 e. The van der Waals surface area contributed by atoms with Gasteiger partial charge in [-0.2, -0.15) is 5.10 Å². The van der Waals surface area contributed by atoms with Gasteiger partial charge in [0.15, 0.2) is 6.10 Å². The van der Waals surface area contributed by atoms with Crippen LogP contribution in [0.15, 0.2) is 36.7 Å². The van der Waals surface area contributed by atoms with Crippen molar-refractivity contribution in [2.24, 2.45) is 0 Å². The van der Waals surface area contributed by atoms with Crippen molar-refractivity contribution < 1.29 is 13.9 Å². The highest BCUT2D eigenvalue weighted by atomic mass is 19.1. The van der Waals surface area contributed by atoms with Gasteiger partial charge in [-0.25, -0.2) is 4.39 Å². The molecule has 1 aromatic carbocycles. The van der Waals surface area contributed by atoms with Gasteiger partial charge in [0.2, 0.25) is 0 Å². The Labute approximate surface area is 116 Å². The first-order chi connectivity index (χ1) is 9.56. The molecular weight excluding hydrogens is 261 g/mol. The molecule has 2 aromatic rings. The van der Waals surface area contributed by atoms with Crippen molar-refractivity contribution >= 4 is 5.91 Å². The van der Waals surface area contributed by atoms with E-state index in [0.29, 0.717) is 5.75 Å². The van der Waals surface area contributed by atoms with E-state index >= 15 is 0 Å². The molecule has 2 atom stereocenters. The lowest BCUT2D eigenvalue weighted by atomic mass is 10.2. The van der Waals surface area contributed by atoms with E-state index in [9.17, 15) is 9.18 Å². The number of nitrogens with zero attached hydrogens (tertiary/aromatic N) is 1. The van der Waals surface area contributed by atoms with E-state index in [1.165, 1.54) is 24.3 Å². The standard InChI is InChI=1S/C14H16FN3O2/c1-9(11-7-16-17-8-11)18-14(19)10(2)20-13-5-3-12(15)4-6-13/h3-10H,1-2H3,(H,16,17)(H,18,19). The molecule has 0 radical (unpaired) electrons. The molecule has 0 saturated carbocycles. The van der Waals surface area contributed by atoms with Crippen molar-refractivity contribution in [3.63, 3.8) is 0 Å². The summed E-state index contributed by atoms with van der Waals surface area (Å²) in [7, 11) is 0. The number of halogens is 1. The number of carbonyl (C=O) groups is 1. The zero-order valence-corrected chi connectivity index (χ0v) is 11.3. The molecule has 0 fully saturated rings. The Morgan fingerprint density at radius 2 is 2.05 bits per heavy atom. The van der Waals surface area contributed by atoms with E-state index in [1.807, 2.05) is 6.92 Å². The highest BCUT2D eigenvalue weighted by molar-refractivity contribution is 5.81. The Morgan fingerprint density at radius 1 is 1.35 bits per heavy atom. The molecule has 0 spiro atoms. The normalized spacial score (nSPS) is 13.6. The summed E-state index contributed by atoms with van der Waals surface area (Å²) in [6.07, 6.45) is 2.70. The summed E-state index contributed by atoms with van der Waals surface area (Å²) in [5.41, 5.74) is 0.882. The fourth-order valence-electron chi connectivity index (χ4n) is 1.68. The van der Waals surface area contributed by atoms with E-state index in [-0.39, 0.29) is 17.8 Å². The van der Waals surface area contributed by atoms with Crippen molar-refractivity contribution in [1.29, 1.82) is 0 Å². The first-order valence-electron chi connectivity index (χ1n) is 6.27. The lowest BCUT2D eigenvalue weighted by molar-refractivity contribution is -0.127. The van der Waals surface area contributed by atoms with Gasteiger partial charge in [0, 0.05) is 11.8 Å². The monoisotopic (exact) mass is 277 g/mol. The molecule has 0 aliphatic rings. The Hall–Kier alpha value is -2.37. The number of aromatic amines is 1. The van der Waals surface area contributed by atoms with Crippen LogP contribution in [0, 0.1) is 5.82 Å². The fraction of sp³-hybridized carbons (Fsp3) is 0.286. The molecule has 0 aliphatic heterocycles. The average Bonchev–Trinajstić information content (AvgIpc) is 2.95. The number of nitrogens with one attached hydrogen (secondary N) is 2. The first-order valence-corrected chi connectivity index (χ1v) is 6.27. The van der Waals surface area contributed by atoms with Crippen LogP contribution in [-0.4, -0.2) is 22.2 Å². The number of hydrogen-bond donors (Lipinski definition) is 2.